The SMILES string of the molecule is CCC[Si]1CCC(C2CCC(CCc3ccc(-c4cc(F)c(F)c(F)c4)cc3)CC2)CC1. The predicted molar refractivity (Wildman–Crippen MR) is 129 cm³/mol. The van der Waals surface area contributed by atoms with Crippen molar-refractivity contribution in [1.29, 1.82) is 0 Å². The van der Waals surface area contributed by atoms with E-state index in [0.29, 0.717) is 11.1 Å². The summed E-state index contributed by atoms with van der Waals surface area (Å²) in [7, 11) is 0.000717. The normalized spacial score (nSPS) is 22.9. The molecule has 4 rings (SSSR count). The molecule has 4 heteroatoms. The Balaban J connectivity index is 1.22. The Morgan fingerprint density at radius 1 is 0.781 bits per heavy atom. The summed E-state index contributed by atoms with van der Waals surface area (Å²) in [4.78, 5) is 0. The maximum atomic E-state index is 13.5. The topological polar surface area (TPSA) is 0 Å². The molecule has 0 nitrogen and oxygen atoms in total. The van der Waals surface area contributed by atoms with Gasteiger partial charge in [-0.15, -0.1) is 0 Å². The average Bonchev–Trinajstić information content (AvgIpc) is 2.82. The quantitative estimate of drug-likeness (QED) is 0.288. The molecule has 2 aromatic rings. The van der Waals surface area contributed by atoms with Crippen molar-refractivity contribution in [3.05, 3.63) is 59.4 Å². The van der Waals surface area contributed by atoms with Crippen molar-refractivity contribution in [2.45, 2.75) is 82.8 Å². The Morgan fingerprint density at radius 2 is 1.38 bits per heavy atom. The lowest BCUT2D eigenvalue weighted by molar-refractivity contribution is 0.186. The summed E-state index contributed by atoms with van der Waals surface area (Å²) in [5.41, 5.74) is 2.34. The van der Waals surface area contributed by atoms with E-state index in [4.69, 9.17) is 0 Å². The van der Waals surface area contributed by atoms with E-state index < -0.39 is 17.5 Å². The fourth-order valence-electron chi connectivity index (χ4n) is 6.03. The first-order chi connectivity index (χ1) is 15.5. The van der Waals surface area contributed by atoms with E-state index in [1.807, 2.05) is 24.3 Å². The van der Waals surface area contributed by atoms with Gasteiger partial charge in [0.25, 0.3) is 0 Å². The summed E-state index contributed by atoms with van der Waals surface area (Å²) < 4.78 is 40.2. The molecule has 1 radical (unpaired) electrons. The zero-order valence-electron chi connectivity index (χ0n) is 19.3. The summed E-state index contributed by atoms with van der Waals surface area (Å²) in [6.07, 6.45) is 12.3. The highest BCUT2D eigenvalue weighted by atomic mass is 28.3. The third-order valence-corrected chi connectivity index (χ3v) is 11.2. The van der Waals surface area contributed by atoms with Crippen molar-refractivity contribution in [2.75, 3.05) is 0 Å². The molecule has 1 aliphatic carbocycles. The number of aryl methyl sites for hydroxylation is 1. The molecule has 0 N–H and O–H groups in total. The Bertz CT molecular complexity index is 840. The summed E-state index contributed by atoms with van der Waals surface area (Å²) in [5, 5.41) is 0. The van der Waals surface area contributed by atoms with E-state index in [-0.39, 0.29) is 8.80 Å². The first kappa shape index (κ1) is 23.6. The molecular weight excluding hydrogens is 421 g/mol. The molecular formula is C28H36F3Si. The van der Waals surface area contributed by atoms with Crippen LogP contribution in [-0.2, 0) is 6.42 Å². The van der Waals surface area contributed by atoms with Gasteiger partial charge in [0.1, 0.15) is 0 Å². The molecule has 0 aromatic heterocycles. The molecule has 0 atom stereocenters. The lowest BCUT2D eigenvalue weighted by Crippen LogP contribution is -2.28. The number of benzene rings is 2. The summed E-state index contributed by atoms with van der Waals surface area (Å²) in [5.74, 6) is -0.881. The van der Waals surface area contributed by atoms with Crippen molar-refractivity contribution >= 4 is 8.80 Å². The highest BCUT2D eigenvalue weighted by molar-refractivity contribution is 6.58. The molecule has 0 bridgehead atoms. The van der Waals surface area contributed by atoms with Gasteiger partial charge in [-0.1, -0.05) is 81.4 Å². The van der Waals surface area contributed by atoms with Crippen LogP contribution < -0.4 is 0 Å². The Kier molecular flexibility index (Phi) is 8.15. The van der Waals surface area contributed by atoms with Gasteiger partial charge in [-0.25, -0.2) is 13.2 Å². The van der Waals surface area contributed by atoms with E-state index in [1.165, 1.54) is 63.0 Å². The first-order valence-electron chi connectivity index (χ1n) is 12.6. The monoisotopic (exact) mass is 457 g/mol. The van der Waals surface area contributed by atoms with Crippen molar-refractivity contribution in [3.8, 4) is 11.1 Å². The first-order valence-corrected chi connectivity index (χ1v) is 14.7. The molecule has 2 fully saturated rings. The van der Waals surface area contributed by atoms with Crippen molar-refractivity contribution in [3.63, 3.8) is 0 Å². The summed E-state index contributed by atoms with van der Waals surface area (Å²) in [6, 6.07) is 14.6. The largest absolute Gasteiger partial charge is 0.204 e. The molecule has 173 valence electrons. The van der Waals surface area contributed by atoms with Crippen LogP contribution in [0.3, 0.4) is 0 Å². The lowest BCUT2D eigenvalue weighted by Gasteiger charge is -2.37. The summed E-state index contributed by atoms with van der Waals surface area (Å²) >= 11 is 0. The maximum absolute atomic E-state index is 13.5. The smallest absolute Gasteiger partial charge is 0.194 e. The second-order valence-electron chi connectivity index (χ2n) is 10.1. The number of halogens is 3. The van der Waals surface area contributed by atoms with Crippen LogP contribution in [0.15, 0.2) is 36.4 Å². The molecule has 0 spiro atoms. The molecule has 2 aliphatic rings. The minimum absolute atomic E-state index is 0.000717. The molecule has 1 heterocycles. The van der Waals surface area contributed by atoms with Crippen molar-refractivity contribution < 1.29 is 13.2 Å². The Hall–Kier alpha value is -1.55. The molecule has 1 saturated carbocycles. The van der Waals surface area contributed by atoms with Gasteiger partial charge in [0.2, 0.25) is 0 Å². The number of hydrogen-bond donors (Lipinski definition) is 0. The lowest BCUT2D eigenvalue weighted by atomic mass is 9.73. The van der Waals surface area contributed by atoms with Gasteiger partial charge < -0.3 is 0 Å². The van der Waals surface area contributed by atoms with E-state index in [0.717, 1.165) is 36.3 Å². The van der Waals surface area contributed by atoms with E-state index >= 15 is 0 Å². The van der Waals surface area contributed by atoms with Gasteiger partial charge in [-0.3, -0.25) is 0 Å². The Labute approximate surface area is 193 Å². The minimum atomic E-state index is -1.41. The molecule has 1 aliphatic heterocycles. The molecule has 32 heavy (non-hydrogen) atoms. The van der Waals surface area contributed by atoms with Gasteiger partial charge in [0, 0.05) is 8.80 Å². The van der Waals surface area contributed by atoms with Crippen molar-refractivity contribution in [1.82, 2.24) is 0 Å². The van der Waals surface area contributed by atoms with E-state index in [9.17, 15) is 13.2 Å². The number of rotatable bonds is 7. The van der Waals surface area contributed by atoms with Gasteiger partial charge >= 0.3 is 0 Å². The van der Waals surface area contributed by atoms with Crippen molar-refractivity contribution in [2.24, 2.45) is 17.8 Å². The Morgan fingerprint density at radius 3 is 1.97 bits per heavy atom. The average molecular weight is 458 g/mol. The van der Waals surface area contributed by atoms with Crippen LogP contribution in [0.1, 0.15) is 63.9 Å². The minimum Gasteiger partial charge on any atom is -0.204 e. The zero-order valence-corrected chi connectivity index (χ0v) is 20.3. The molecule has 1 saturated heterocycles. The zero-order chi connectivity index (χ0) is 22.5. The molecule has 0 unspecified atom stereocenters. The van der Waals surface area contributed by atoms with Gasteiger partial charge in [0.15, 0.2) is 17.5 Å². The van der Waals surface area contributed by atoms with Crippen LogP contribution in [0.4, 0.5) is 13.2 Å². The van der Waals surface area contributed by atoms with Crippen LogP contribution in [0.25, 0.3) is 11.1 Å². The standard InChI is InChI=1S/C28H36F3Si/c1-2-15-32-16-13-24(14-17-32)22-9-5-20(6-10-22)3-4-21-7-11-23(12-8-21)25-18-26(29)28(31)27(30)19-25/h7-8,11-12,18-20,22,24H,2-6,9-10,13-17H2,1H3. The third-order valence-electron chi connectivity index (χ3n) is 8.01. The second kappa shape index (κ2) is 11.0. The fourth-order valence-corrected chi connectivity index (χ4v) is 9.04. The fraction of sp³-hybridized carbons (Fsp3) is 0.571. The summed E-state index contributed by atoms with van der Waals surface area (Å²) in [6.45, 7) is 2.34. The van der Waals surface area contributed by atoms with E-state index in [2.05, 4.69) is 6.92 Å². The third kappa shape index (κ3) is 5.87. The molecule has 0 amide bonds. The van der Waals surface area contributed by atoms with Gasteiger partial charge in [-0.2, -0.15) is 0 Å². The van der Waals surface area contributed by atoms with E-state index in [1.54, 1.807) is 12.1 Å². The maximum Gasteiger partial charge on any atom is 0.194 e. The van der Waals surface area contributed by atoms with Crippen LogP contribution in [0.2, 0.25) is 18.1 Å². The van der Waals surface area contributed by atoms with Crippen LogP contribution in [-0.4, -0.2) is 8.80 Å². The predicted octanol–water partition coefficient (Wildman–Crippen LogP) is 8.82. The van der Waals surface area contributed by atoms with Crippen LogP contribution in [0, 0.1) is 35.2 Å². The van der Waals surface area contributed by atoms with Gasteiger partial charge in [0.05, 0.1) is 0 Å². The molecule has 2 aromatic carbocycles. The highest BCUT2D eigenvalue weighted by Gasteiger charge is 2.31. The second-order valence-corrected chi connectivity index (χ2v) is 13.1. The highest BCUT2D eigenvalue weighted by Crippen LogP contribution is 2.42. The van der Waals surface area contributed by atoms with Crippen LogP contribution >= 0.6 is 0 Å². The van der Waals surface area contributed by atoms with Gasteiger partial charge in [-0.05, 0) is 72.3 Å². The van der Waals surface area contributed by atoms with Crippen LogP contribution in [0.5, 0.6) is 0 Å². The number of hydrogen-bond acceptors (Lipinski definition) is 0.